The third-order valence-electron chi connectivity index (χ3n) is 9.89. The fourth-order valence-corrected chi connectivity index (χ4v) is 8.41. The van der Waals surface area contributed by atoms with E-state index in [4.69, 9.17) is 9.47 Å². The van der Waals surface area contributed by atoms with Gasteiger partial charge in [0.25, 0.3) is 0 Å². The van der Waals surface area contributed by atoms with E-state index in [0.29, 0.717) is 49.2 Å². The topological polar surface area (TPSA) is 18.5 Å². The Morgan fingerprint density at radius 3 is 2.43 bits per heavy atom. The Kier molecular flexibility index (Phi) is 7.09. The molecular weight excluding hydrogens is 389 g/mol. The van der Waals surface area contributed by atoms with Gasteiger partial charge in [0.15, 0.2) is 0 Å². The molecule has 0 bridgehead atoms. The number of hydrogen-bond donors (Lipinski definition) is 0. The lowest BCUT2D eigenvalue weighted by molar-refractivity contribution is -0.196. The van der Waals surface area contributed by atoms with E-state index < -0.39 is 12.1 Å². The molecule has 30 heavy (non-hydrogen) atoms. The average Bonchev–Trinajstić information content (AvgIpc) is 3.05. The van der Waals surface area contributed by atoms with Gasteiger partial charge < -0.3 is 9.47 Å². The molecule has 4 aliphatic carbocycles. The van der Waals surface area contributed by atoms with E-state index >= 15 is 0 Å². The maximum Gasteiger partial charge on any atom is 0.391 e. The monoisotopic (exact) mass is 430 g/mol. The highest BCUT2D eigenvalue weighted by atomic mass is 19.4. The summed E-state index contributed by atoms with van der Waals surface area (Å²) in [6.07, 6.45) is 7.48. The smallest absolute Gasteiger partial charge is 0.382 e. The van der Waals surface area contributed by atoms with Crippen LogP contribution < -0.4 is 0 Å². The summed E-state index contributed by atoms with van der Waals surface area (Å²) >= 11 is 0. The zero-order chi connectivity index (χ0) is 21.4. The van der Waals surface area contributed by atoms with Crippen LogP contribution >= 0.6 is 0 Å². The number of hydrogen-bond acceptors (Lipinski definition) is 2. The standard InChI is InChI=1S/C25H41F3O2/c1-24-12-11-21-20-9-6-19(25(26,27)28)16-17(20)5-8-22(21)23(24)10-7-18(24)4-3-13-30-15-14-29-2/h17-23H,3-16H2,1-2H3/t17?,18?,19-,20?,21?,22?,23?,24?/m0/s1. The van der Waals surface area contributed by atoms with Gasteiger partial charge in [0.2, 0.25) is 0 Å². The van der Waals surface area contributed by atoms with Crippen LogP contribution in [0.15, 0.2) is 0 Å². The quantitative estimate of drug-likeness (QED) is 0.410. The molecule has 0 radical (unpaired) electrons. The van der Waals surface area contributed by atoms with Crippen molar-refractivity contribution in [1.29, 1.82) is 0 Å². The molecule has 0 amide bonds. The third kappa shape index (κ3) is 4.44. The molecule has 0 saturated heterocycles. The van der Waals surface area contributed by atoms with Gasteiger partial charge in [0.05, 0.1) is 19.1 Å². The van der Waals surface area contributed by atoms with Crippen molar-refractivity contribution in [1.82, 2.24) is 0 Å². The van der Waals surface area contributed by atoms with E-state index in [1.807, 2.05) is 0 Å². The molecule has 0 aromatic heterocycles. The van der Waals surface area contributed by atoms with Crippen molar-refractivity contribution < 1.29 is 22.6 Å². The summed E-state index contributed by atoms with van der Waals surface area (Å²) in [5.74, 6) is 2.94. The zero-order valence-electron chi connectivity index (χ0n) is 18.9. The predicted octanol–water partition coefficient (Wildman–Crippen LogP) is 6.88. The molecular formula is C25H41F3O2. The number of fused-ring (bicyclic) bond motifs is 5. The Morgan fingerprint density at radius 1 is 0.867 bits per heavy atom. The minimum Gasteiger partial charge on any atom is -0.382 e. The van der Waals surface area contributed by atoms with Crippen molar-refractivity contribution in [3.05, 3.63) is 0 Å². The second-order valence-electron chi connectivity index (χ2n) is 11.1. The number of methoxy groups -OCH3 is 1. The Labute approximate surface area is 180 Å². The first-order valence-electron chi connectivity index (χ1n) is 12.5. The molecule has 174 valence electrons. The average molecular weight is 431 g/mol. The van der Waals surface area contributed by atoms with E-state index in [9.17, 15) is 13.2 Å². The SMILES string of the molecule is COCCOCCCC1CCC2C3CCC4C[C@@H](C(F)(F)F)CCC4C3CCC12C. The van der Waals surface area contributed by atoms with Gasteiger partial charge in [0.1, 0.15) is 0 Å². The highest BCUT2D eigenvalue weighted by Gasteiger charge is 2.57. The van der Waals surface area contributed by atoms with Crippen LogP contribution in [0.1, 0.15) is 77.6 Å². The minimum absolute atomic E-state index is 0.331. The van der Waals surface area contributed by atoms with Gasteiger partial charge in [0, 0.05) is 13.7 Å². The molecule has 5 heteroatoms. The molecule has 0 aliphatic heterocycles. The second kappa shape index (κ2) is 9.29. The molecule has 0 N–H and O–H groups in total. The van der Waals surface area contributed by atoms with Crippen LogP contribution in [0.5, 0.6) is 0 Å². The summed E-state index contributed by atoms with van der Waals surface area (Å²) < 4.78 is 50.5. The Balaban J connectivity index is 1.33. The lowest BCUT2D eigenvalue weighted by Crippen LogP contribution is -2.49. The first-order chi connectivity index (χ1) is 14.3. The van der Waals surface area contributed by atoms with Crippen LogP contribution in [0.2, 0.25) is 0 Å². The lowest BCUT2D eigenvalue weighted by atomic mass is 9.49. The summed E-state index contributed by atoms with van der Waals surface area (Å²) in [4.78, 5) is 0. The van der Waals surface area contributed by atoms with Gasteiger partial charge in [-0.05, 0) is 112 Å². The fraction of sp³-hybridized carbons (Fsp3) is 1.00. The lowest BCUT2D eigenvalue weighted by Gasteiger charge is -2.56. The van der Waals surface area contributed by atoms with E-state index in [-0.39, 0.29) is 0 Å². The van der Waals surface area contributed by atoms with Gasteiger partial charge >= 0.3 is 6.18 Å². The highest BCUT2D eigenvalue weighted by Crippen LogP contribution is 2.65. The molecule has 4 saturated carbocycles. The Bertz CT molecular complexity index is 565. The Hall–Kier alpha value is -0.290. The zero-order valence-corrected chi connectivity index (χ0v) is 18.9. The maximum absolute atomic E-state index is 13.3. The maximum atomic E-state index is 13.3. The third-order valence-corrected chi connectivity index (χ3v) is 9.89. The summed E-state index contributed by atoms with van der Waals surface area (Å²) in [5.41, 5.74) is 0.448. The van der Waals surface area contributed by atoms with Crippen molar-refractivity contribution in [3.8, 4) is 0 Å². The number of ether oxygens (including phenoxy) is 2. The van der Waals surface area contributed by atoms with Crippen LogP contribution in [0, 0.1) is 46.8 Å². The first-order valence-corrected chi connectivity index (χ1v) is 12.5. The van der Waals surface area contributed by atoms with Crippen LogP contribution in [-0.2, 0) is 9.47 Å². The predicted molar refractivity (Wildman–Crippen MR) is 112 cm³/mol. The van der Waals surface area contributed by atoms with Gasteiger partial charge in [-0.25, -0.2) is 0 Å². The van der Waals surface area contributed by atoms with E-state index in [0.717, 1.165) is 43.6 Å². The van der Waals surface area contributed by atoms with Gasteiger partial charge in [-0.3, -0.25) is 0 Å². The molecule has 4 fully saturated rings. The van der Waals surface area contributed by atoms with Gasteiger partial charge in [-0.1, -0.05) is 6.92 Å². The van der Waals surface area contributed by atoms with Gasteiger partial charge in [-0.15, -0.1) is 0 Å². The fourth-order valence-electron chi connectivity index (χ4n) is 8.41. The van der Waals surface area contributed by atoms with E-state index in [2.05, 4.69) is 6.92 Å². The molecule has 7 unspecified atom stereocenters. The molecule has 0 spiro atoms. The molecule has 0 aromatic rings. The van der Waals surface area contributed by atoms with Crippen molar-refractivity contribution in [2.24, 2.45) is 46.8 Å². The first kappa shape index (κ1) is 22.9. The summed E-state index contributed by atoms with van der Waals surface area (Å²) in [6, 6.07) is 0. The van der Waals surface area contributed by atoms with Gasteiger partial charge in [-0.2, -0.15) is 13.2 Å². The van der Waals surface area contributed by atoms with Crippen molar-refractivity contribution in [2.75, 3.05) is 26.9 Å². The van der Waals surface area contributed by atoms with Crippen LogP contribution in [0.4, 0.5) is 13.2 Å². The van der Waals surface area contributed by atoms with Crippen molar-refractivity contribution in [3.63, 3.8) is 0 Å². The number of halogens is 3. The number of rotatable bonds is 7. The normalized spacial score (nSPS) is 43.7. The summed E-state index contributed by atoms with van der Waals surface area (Å²) in [5, 5.41) is 0. The summed E-state index contributed by atoms with van der Waals surface area (Å²) in [7, 11) is 1.70. The van der Waals surface area contributed by atoms with Crippen molar-refractivity contribution in [2.45, 2.75) is 83.7 Å². The molecule has 2 nitrogen and oxygen atoms in total. The number of alkyl halides is 3. The van der Waals surface area contributed by atoms with Crippen molar-refractivity contribution >= 4 is 0 Å². The van der Waals surface area contributed by atoms with E-state index in [1.54, 1.807) is 7.11 Å². The van der Waals surface area contributed by atoms with Crippen LogP contribution in [0.3, 0.4) is 0 Å². The van der Waals surface area contributed by atoms with Crippen LogP contribution in [-0.4, -0.2) is 33.1 Å². The molecule has 4 aliphatic rings. The molecule has 0 heterocycles. The molecule has 0 aromatic carbocycles. The largest absolute Gasteiger partial charge is 0.391 e. The molecule has 8 atom stereocenters. The second-order valence-corrected chi connectivity index (χ2v) is 11.1. The Morgan fingerprint density at radius 2 is 1.67 bits per heavy atom. The molecule has 4 rings (SSSR count). The minimum atomic E-state index is -3.99. The highest BCUT2D eigenvalue weighted by molar-refractivity contribution is 5.06. The van der Waals surface area contributed by atoms with Crippen LogP contribution in [0.25, 0.3) is 0 Å². The summed E-state index contributed by atoms with van der Waals surface area (Å²) in [6.45, 7) is 4.72. The van der Waals surface area contributed by atoms with E-state index in [1.165, 1.54) is 38.5 Å².